The Morgan fingerprint density at radius 1 is 1.41 bits per heavy atom. The molecule has 1 heterocycles. The Bertz CT molecular complexity index is 224. The van der Waals surface area contributed by atoms with Crippen molar-refractivity contribution >= 4 is 5.91 Å². The number of carbonyl (C=O) groups excluding carboxylic acids is 1. The lowest BCUT2D eigenvalue weighted by Gasteiger charge is -2.28. The van der Waals surface area contributed by atoms with E-state index in [9.17, 15) is 4.79 Å². The molecule has 0 spiro atoms. The molecule has 1 rings (SSSR count). The molecule has 100 valence electrons. The van der Waals surface area contributed by atoms with Crippen LogP contribution in [-0.2, 0) is 14.3 Å². The molecule has 1 fully saturated rings. The third kappa shape index (κ3) is 5.48. The first kappa shape index (κ1) is 14.4. The van der Waals surface area contributed by atoms with E-state index in [4.69, 9.17) is 9.47 Å². The van der Waals surface area contributed by atoms with Crippen LogP contribution in [0, 0.1) is 5.92 Å². The van der Waals surface area contributed by atoms with Crippen LogP contribution in [0.15, 0.2) is 0 Å². The summed E-state index contributed by atoms with van der Waals surface area (Å²) in [6.07, 6.45) is 2.28. The number of hydrogen-bond acceptors (Lipinski definition) is 4. The summed E-state index contributed by atoms with van der Waals surface area (Å²) >= 11 is 0. The predicted molar refractivity (Wildman–Crippen MR) is 65.9 cm³/mol. The lowest BCUT2D eigenvalue weighted by Crippen LogP contribution is -2.51. The summed E-state index contributed by atoms with van der Waals surface area (Å²) in [4.78, 5) is 11.8. The van der Waals surface area contributed by atoms with Crippen LogP contribution >= 0.6 is 0 Å². The maximum atomic E-state index is 11.8. The van der Waals surface area contributed by atoms with Gasteiger partial charge in [-0.15, -0.1) is 0 Å². The van der Waals surface area contributed by atoms with Crippen molar-refractivity contribution in [1.29, 1.82) is 0 Å². The molecule has 0 aliphatic carbocycles. The van der Waals surface area contributed by atoms with E-state index in [-0.39, 0.29) is 11.9 Å². The molecule has 0 radical (unpaired) electrons. The van der Waals surface area contributed by atoms with E-state index in [2.05, 4.69) is 17.6 Å². The second-order valence-electron chi connectivity index (χ2n) is 4.45. The highest BCUT2D eigenvalue weighted by Crippen LogP contribution is 2.15. The molecule has 1 saturated heterocycles. The Morgan fingerprint density at radius 2 is 2.24 bits per heavy atom. The third-order valence-electron chi connectivity index (χ3n) is 3.03. The number of hydrogen-bond donors (Lipinski definition) is 2. The molecular weight excluding hydrogens is 220 g/mol. The zero-order chi connectivity index (χ0) is 12.5. The fourth-order valence-electron chi connectivity index (χ4n) is 2.00. The van der Waals surface area contributed by atoms with Gasteiger partial charge in [0.05, 0.1) is 25.9 Å². The topological polar surface area (TPSA) is 59.6 Å². The molecule has 1 aliphatic heterocycles. The average Bonchev–Trinajstić information content (AvgIpc) is 2.34. The monoisotopic (exact) mass is 244 g/mol. The van der Waals surface area contributed by atoms with E-state index in [0.717, 1.165) is 19.4 Å². The fraction of sp³-hybridized carbons (Fsp3) is 0.917. The smallest absolute Gasteiger partial charge is 0.237 e. The highest BCUT2D eigenvalue weighted by atomic mass is 16.5. The van der Waals surface area contributed by atoms with E-state index in [1.165, 1.54) is 0 Å². The molecule has 0 bridgehead atoms. The van der Waals surface area contributed by atoms with Gasteiger partial charge >= 0.3 is 0 Å². The number of piperidine rings is 1. The van der Waals surface area contributed by atoms with Crippen molar-refractivity contribution < 1.29 is 14.3 Å². The molecule has 0 aromatic carbocycles. The van der Waals surface area contributed by atoms with Gasteiger partial charge in [-0.3, -0.25) is 4.79 Å². The molecular formula is C12H24N2O3. The van der Waals surface area contributed by atoms with Crippen LogP contribution in [0.1, 0.15) is 19.8 Å². The van der Waals surface area contributed by atoms with Gasteiger partial charge in [0.1, 0.15) is 0 Å². The second-order valence-corrected chi connectivity index (χ2v) is 4.45. The summed E-state index contributed by atoms with van der Waals surface area (Å²) in [5.74, 6) is 0.505. The van der Waals surface area contributed by atoms with Crippen molar-refractivity contribution in [3.8, 4) is 0 Å². The molecule has 0 aromatic heterocycles. The molecule has 5 nitrogen and oxygen atoms in total. The van der Waals surface area contributed by atoms with Crippen molar-refractivity contribution in [3.05, 3.63) is 0 Å². The van der Waals surface area contributed by atoms with Crippen molar-refractivity contribution in [1.82, 2.24) is 10.6 Å². The molecule has 2 atom stereocenters. The summed E-state index contributed by atoms with van der Waals surface area (Å²) in [6, 6.07) is -0.0391. The lowest BCUT2D eigenvalue weighted by atomic mass is 9.92. The summed E-state index contributed by atoms with van der Waals surface area (Å²) in [7, 11) is 1.64. The predicted octanol–water partition coefficient (Wildman–Crippen LogP) is 0.154. The summed E-state index contributed by atoms with van der Waals surface area (Å²) in [6.45, 7) is 5.32. The van der Waals surface area contributed by atoms with Gasteiger partial charge < -0.3 is 20.1 Å². The standard InChI is InChI=1S/C12H24N2O3/c1-10-4-3-5-13-11(10)12(15)14-6-7-17-9-8-16-2/h10-11,13H,3-9H2,1-2H3,(H,14,15). The maximum absolute atomic E-state index is 11.8. The molecule has 5 heteroatoms. The fourth-order valence-corrected chi connectivity index (χ4v) is 2.00. The molecule has 0 aromatic rings. The number of amides is 1. The highest BCUT2D eigenvalue weighted by molar-refractivity contribution is 5.82. The Morgan fingerprint density at radius 3 is 2.94 bits per heavy atom. The van der Waals surface area contributed by atoms with E-state index in [1.807, 2.05) is 0 Å². The van der Waals surface area contributed by atoms with Gasteiger partial charge in [0, 0.05) is 13.7 Å². The van der Waals surface area contributed by atoms with Gasteiger partial charge in [-0.2, -0.15) is 0 Å². The summed E-state index contributed by atoms with van der Waals surface area (Å²) < 4.78 is 10.1. The molecule has 2 unspecified atom stereocenters. The average molecular weight is 244 g/mol. The zero-order valence-electron chi connectivity index (χ0n) is 10.8. The SMILES string of the molecule is COCCOCCNC(=O)C1NCCCC1C. The van der Waals surface area contributed by atoms with Crippen molar-refractivity contribution in [2.45, 2.75) is 25.8 Å². The quantitative estimate of drug-likeness (QED) is 0.626. The van der Waals surface area contributed by atoms with Gasteiger partial charge in [0.2, 0.25) is 5.91 Å². The Balaban J connectivity index is 2.07. The van der Waals surface area contributed by atoms with E-state index in [1.54, 1.807) is 7.11 Å². The van der Waals surface area contributed by atoms with E-state index >= 15 is 0 Å². The van der Waals surface area contributed by atoms with Gasteiger partial charge in [0.25, 0.3) is 0 Å². The molecule has 1 aliphatic rings. The van der Waals surface area contributed by atoms with Crippen LogP contribution in [0.25, 0.3) is 0 Å². The zero-order valence-corrected chi connectivity index (χ0v) is 10.8. The Kier molecular flexibility index (Phi) is 7.16. The van der Waals surface area contributed by atoms with Gasteiger partial charge in [-0.25, -0.2) is 0 Å². The maximum Gasteiger partial charge on any atom is 0.237 e. The summed E-state index contributed by atoms with van der Waals surface area (Å²) in [5, 5.41) is 6.15. The van der Waals surface area contributed by atoms with Crippen molar-refractivity contribution in [2.75, 3.05) is 40.0 Å². The van der Waals surface area contributed by atoms with Gasteiger partial charge in [-0.1, -0.05) is 6.92 Å². The first-order valence-corrected chi connectivity index (χ1v) is 6.33. The van der Waals surface area contributed by atoms with Gasteiger partial charge in [-0.05, 0) is 25.3 Å². The Hall–Kier alpha value is -0.650. The molecule has 2 N–H and O–H groups in total. The van der Waals surface area contributed by atoms with Crippen LogP contribution in [0.5, 0.6) is 0 Å². The number of methoxy groups -OCH3 is 1. The molecule has 1 amide bonds. The highest BCUT2D eigenvalue weighted by Gasteiger charge is 2.26. The normalized spacial score (nSPS) is 24.6. The lowest BCUT2D eigenvalue weighted by molar-refractivity contribution is -0.125. The van der Waals surface area contributed by atoms with Crippen molar-refractivity contribution in [2.24, 2.45) is 5.92 Å². The van der Waals surface area contributed by atoms with E-state index in [0.29, 0.717) is 32.3 Å². The number of carbonyl (C=O) groups is 1. The number of nitrogens with one attached hydrogen (secondary N) is 2. The van der Waals surface area contributed by atoms with Gasteiger partial charge in [0.15, 0.2) is 0 Å². The van der Waals surface area contributed by atoms with Crippen LogP contribution in [0.3, 0.4) is 0 Å². The Labute approximate surface area is 103 Å². The van der Waals surface area contributed by atoms with E-state index < -0.39 is 0 Å². The van der Waals surface area contributed by atoms with Crippen LogP contribution < -0.4 is 10.6 Å². The minimum absolute atomic E-state index is 0.0391. The van der Waals surface area contributed by atoms with Crippen LogP contribution in [0.4, 0.5) is 0 Å². The minimum atomic E-state index is -0.0391. The largest absolute Gasteiger partial charge is 0.382 e. The first-order chi connectivity index (χ1) is 8.25. The molecule has 0 saturated carbocycles. The first-order valence-electron chi connectivity index (χ1n) is 6.33. The molecule has 17 heavy (non-hydrogen) atoms. The summed E-state index contributed by atoms with van der Waals surface area (Å²) in [5.41, 5.74) is 0. The van der Waals surface area contributed by atoms with Crippen LogP contribution in [0.2, 0.25) is 0 Å². The number of ether oxygens (including phenoxy) is 2. The second kappa shape index (κ2) is 8.44. The third-order valence-corrected chi connectivity index (χ3v) is 3.03. The minimum Gasteiger partial charge on any atom is -0.382 e. The van der Waals surface area contributed by atoms with Crippen molar-refractivity contribution in [3.63, 3.8) is 0 Å². The number of rotatable bonds is 7. The van der Waals surface area contributed by atoms with Crippen LogP contribution in [-0.4, -0.2) is 52.0 Å².